The van der Waals surface area contributed by atoms with E-state index in [0.29, 0.717) is 28.3 Å². The van der Waals surface area contributed by atoms with Crippen LogP contribution in [0.2, 0.25) is 0 Å². The Morgan fingerprint density at radius 3 is 2.52 bits per heavy atom. The summed E-state index contributed by atoms with van der Waals surface area (Å²) in [7, 11) is 0. The van der Waals surface area contributed by atoms with Crippen LogP contribution in [-0.2, 0) is 0 Å². The Morgan fingerprint density at radius 2 is 1.83 bits per heavy atom. The second-order valence-corrected chi connectivity index (χ2v) is 7.08. The summed E-state index contributed by atoms with van der Waals surface area (Å²) in [5.41, 5.74) is 8.59. The number of rotatable bonds is 6. The van der Waals surface area contributed by atoms with Gasteiger partial charge in [-0.2, -0.15) is 0 Å². The molecule has 0 bridgehead atoms. The van der Waals surface area contributed by atoms with Crippen LogP contribution in [0.4, 0.5) is 10.2 Å². The smallest absolute Gasteiger partial charge is 0.251 e. The number of carbonyl (C=O) groups excluding carboxylic acids is 1. The highest BCUT2D eigenvalue weighted by Crippen LogP contribution is 2.40. The predicted molar refractivity (Wildman–Crippen MR) is 108 cm³/mol. The zero-order valence-corrected chi connectivity index (χ0v) is 15.6. The average molecular weight is 392 g/mol. The number of nitrogen functional groups attached to an aromatic ring is 1. The summed E-state index contributed by atoms with van der Waals surface area (Å²) in [4.78, 5) is 21.4. The third-order valence-corrected chi connectivity index (χ3v) is 4.96. The van der Waals surface area contributed by atoms with Gasteiger partial charge in [-0.05, 0) is 30.5 Å². The summed E-state index contributed by atoms with van der Waals surface area (Å²) >= 11 is 0. The summed E-state index contributed by atoms with van der Waals surface area (Å²) in [5, 5.41) is 12.4. The van der Waals surface area contributed by atoms with Crippen LogP contribution in [-0.4, -0.2) is 27.3 Å². The van der Waals surface area contributed by atoms with E-state index >= 15 is 0 Å². The molecule has 1 amide bonds. The molecule has 3 aromatic rings. The van der Waals surface area contributed by atoms with Crippen molar-refractivity contribution in [1.82, 2.24) is 15.3 Å². The lowest BCUT2D eigenvalue weighted by molar-refractivity contribution is 0.00652. The quantitative estimate of drug-likeness (QED) is 0.597. The first kappa shape index (κ1) is 19.0. The second-order valence-electron chi connectivity index (χ2n) is 7.08. The molecule has 2 atom stereocenters. The van der Waals surface area contributed by atoms with Crippen molar-refractivity contribution in [3.63, 3.8) is 0 Å². The maximum atomic E-state index is 14.2. The number of halogens is 1. The summed E-state index contributed by atoms with van der Waals surface area (Å²) in [6, 6.07) is 14.0. The summed E-state index contributed by atoms with van der Waals surface area (Å²) in [5.74, 6) is 0.0885. The van der Waals surface area contributed by atoms with Gasteiger partial charge in [0.05, 0.1) is 11.9 Å². The number of nitrogens with two attached hydrogens (primary N) is 1. The number of benzene rings is 2. The number of aliphatic hydroxyl groups excluding tert-OH is 1. The molecule has 148 valence electrons. The minimum Gasteiger partial charge on any atom is -0.382 e. The van der Waals surface area contributed by atoms with Crippen LogP contribution < -0.4 is 11.1 Å². The molecule has 1 heterocycles. The molecule has 1 fully saturated rings. The number of amides is 1. The van der Waals surface area contributed by atoms with Gasteiger partial charge in [-0.3, -0.25) is 4.79 Å². The Balaban J connectivity index is 1.72. The van der Waals surface area contributed by atoms with Crippen molar-refractivity contribution < 1.29 is 14.3 Å². The zero-order valence-electron chi connectivity index (χ0n) is 15.6. The summed E-state index contributed by atoms with van der Waals surface area (Å²) in [6.45, 7) is 0. The SMILES string of the molecule is Nc1ncc(C2CC2)nc1-c1ccccc1[C@H](NC(=O)c1ccccc1)[C@@H](O)F. The molecule has 7 heteroatoms. The Morgan fingerprint density at radius 1 is 1.14 bits per heavy atom. The normalized spacial score (nSPS) is 15.5. The summed E-state index contributed by atoms with van der Waals surface area (Å²) in [6.07, 6.45) is 1.46. The molecule has 2 aromatic carbocycles. The number of aliphatic hydroxyl groups is 1. The maximum absolute atomic E-state index is 14.2. The van der Waals surface area contributed by atoms with Gasteiger partial charge < -0.3 is 16.2 Å². The second kappa shape index (κ2) is 7.97. The molecule has 1 aliphatic rings. The molecule has 4 rings (SSSR count). The number of hydrogen-bond acceptors (Lipinski definition) is 5. The Bertz CT molecular complexity index is 1020. The lowest BCUT2D eigenvalue weighted by Crippen LogP contribution is -2.34. The van der Waals surface area contributed by atoms with Crippen molar-refractivity contribution in [2.75, 3.05) is 5.73 Å². The number of anilines is 1. The molecule has 0 radical (unpaired) electrons. The van der Waals surface area contributed by atoms with Crippen molar-refractivity contribution in [3.05, 3.63) is 77.6 Å². The molecule has 0 unspecified atom stereocenters. The number of hydrogen-bond donors (Lipinski definition) is 3. The largest absolute Gasteiger partial charge is 0.382 e. The monoisotopic (exact) mass is 392 g/mol. The zero-order chi connectivity index (χ0) is 20.4. The van der Waals surface area contributed by atoms with Crippen LogP contribution in [0.15, 0.2) is 60.8 Å². The van der Waals surface area contributed by atoms with Gasteiger partial charge in [-0.15, -0.1) is 0 Å². The van der Waals surface area contributed by atoms with Crippen molar-refractivity contribution >= 4 is 11.7 Å². The third-order valence-electron chi connectivity index (χ3n) is 4.96. The molecule has 4 N–H and O–H groups in total. The molecule has 6 nitrogen and oxygen atoms in total. The van der Waals surface area contributed by atoms with Gasteiger partial charge in [0.15, 0.2) is 0 Å². The van der Waals surface area contributed by atoms with Crippen LogP contribution in [0.5, 0.6) is 0 Å². The van der Waals surface area contributed by atoms with Gasteiger partial charge in [0.25, 0.3) is 5.91 Å². The van der Waals surface area contributed by atoms with E-state index in [0.717, 1.165) is 18.5 Å². The van der Waals surface area contributed by atoms with Crippen LogP contribution in [0.25, 0.3) is 11.3 Å². The molecule has 1 saturated carbocycles. The topological polar surface area (TPSA) is 101 Å². The Hall–Kier alpha value is -3.32. The van der Waals surface area contributed by atoms with Gasteiger partial charge in [0.2, 0.25) is 6.36 Å². The number of nitrogens with one attached hydrogen (secondary N) is 1. The van der Waals surface area contributed by atoms with Gasteiger partial charge in [-0.25, -0.2) is 14.4 Å². The van der Waals surface area contributed by atoms with E-state index in [-0.39, 0.29) is 5.82 Å². The number of aromatic nitrogens is 2. The lowest BCUT2D eigenvalue weighted by atomic mass is 9.97. The van der Waals surface area contributed by atoms with Crippen molar-refractivity contribution in [1.29, 1.82) is 0 Å². The third kappa shape index (κ3) is 4.09. The average Bonchev–Trinajstić information content (AvgIpc) is 3.58. The van der Waals surface area contributed by atoms with Gasteiger partial charge in [0, 0.05) is 17.0 Å². The highest BCUT2D eigenvalue weighted by Gasteiger charge is 2.29. The number of carbonyl (C=O) groups is 1. The fraction of sp³-hybridized carbons (Fsp3) is 0.227. The van der Waals surface area contributed by atoms with E-state index in [9.17, 15) is 14.3 Å². The molecule has 29 heavy (non-hydrogen) atoms. The molecule has 0 spiro atoms. The minimum absolute atomic E-state index is 0.211. The number of alkyl halides is 1. The van der Waals surface area contributed by atoms with Crippen molar-refractivity contribution in [2.45, 2.75) is 31.2 Å². The standard InChI is InChI=1S/C22H21FN4O2/c23-20(28)18(27-22(29)14-6-2-1-3-7-14)15-8-4-5-9-16(15)19-21(24)25-12-17(26-19)13-10-11-13/h1-9,12-13,18,20,28H,10-11H2,(H2,24,25)(H,27,29)/t18-,20+/m0/s1. The van der Waals surface area contributed by atoms with Crippen LogP contribution in [0.3, 0.4) is 0 Å². The van der Waals surface area contributed by atoms with Crippen LogP contribution in [0.1, 0.15) is 46.4 Å². The molecular formula is C22H21FN4O2. The van der Waals surface area contributed by atoms with E-state index < -0.39 is 18.3 Å². The first-order valence-electron chi connectivity index (χ1n) is 9.44. The number of nitrogens with zero attached hydrogens (tertiary/aromatic N) is 2. The molecular weight excluding hydrogens is 371 g/mol. The van der Waals surface area contributed by atoms with Crippen molar-refractivity contribution in [2.24, 2.45) is 0 Å². The first-order chi connectivity index (χ1) is 14.0. The van der Waals surface area contributed by atoms with Gasteiger partial charge in [0.1, 0.15) is 17.6 Å². The van der Waals surface area contributed by atoms with Crippen LogP contribution in [0, 0.1) is 0 Å². The van der Waals surface area contributed by atoms with Gasteiger partial charge >= 0.3 is 0 Å². The van der Waals surface area contributed by atoms with E-state index in [1.165, 1.54) is 0 Å². The molecule has 1 aliphatic carbocycles. The molecule has 0 saturated heterocycles. The fourth-order valence-electron chi connectivity index (χ4n) is 3.28. The predicted octanol–water partition coefficient (Wildman–Crippen LogP) is 3.36. The Labute approximate surface area is 167 Å². The minimum atomic E-state index is -2.32. The summed E-state index contributed by atoms with van der Waals surface area (Å²) < 4.78 is 14.2. The van der Waals surface area contributed by atoms with E-state index in [1.54, 1.807) is 60.8 Å². The molecule has 0 aliphatic heterocycles. The van der Waals surface area contributed by atoms with E-state index in [2.05, 4.69) is 15.3 Å². The highest BCUT2D eigenvalue weighted by atomic mass is 19.1. The van der Waals surface area contributed by atoms with E-state index in [1.807, 2.05) is 0 Å². The highest BCUT2D eigenvalue weighted by molar-refractivity contribution is 5.94. The lowest BCUT2D eigenvalue weighted by Gasteiger charge is -2.22. The van der Waals surface area contributed by atoms with E-state index in [4.69, 9.17) is 5.73 Å². The van der Waals surface area contributed by atoms with Crippen molar-refractivity contribution in [3.8, 4) is 11.3 Å². The fourth-order valence-corrected chi connectivity index (χ4v) is 3.28. The van der Waals surface area contributed by atoms with Gasteiger partial charge in [-0.1, -0.05) is 42.5 Å². The molecule has 1 aromatic heterocycles. The first-order valence-corrected chi connectivity index (χ1v) is 9.44. The van der Waals surface area contributed by atoms with Crippen LogP contribution >= 0.6 is 0 Å². The Kier molecular flexibility index (Phi) is 5.22. The maximum Gasteiger partial charge on any atom is 0.251 e.